The van der Waals surface area contributed by atoms with Crippen molar-refractivity contribution in [1.29, 1.82) is 0 Å². The van der Waals surface area contributed by atoms with Crippen molar-refractivity contribution in [3.63, 3.8) is 0 Å². The number of hydrogen-bond acceptors (Lipinski definition) is 4. The second-order valence-electron chi connectivity index (χ2n) is 8.80. The van der Waals surface area contributed by atoms with E-state index in [1.807, 2.05) is 26.0 Å². The van der Waals surface area contributed by atoms with Crippen LogP contribution in [0.15, 0.2) is 48.0 Å². The third kappa shape index (κ3) is 4.70. The summed E-state index contributed by atoms with van der Waals surface area (Å²) >= 11 is 0. The maximum atomic E-state index is 14.9. The highest BCUT2D eigenvalue weighted by molar-refractivity contribution is 6.46. The highest BCUT2D eigenvalue weighted by Gasteiger charge is 2.46. The molecule has 2 heterocycles. The monoisotopic (exact) mass is 453 g/mol. The normalized spacial score (nSPS) is 21.1. The lowest BCUT2D eigenvalue weighted by atomic mass is 9.93. The van der Waals surface area contributed by atoms with E-state index in [1.54, 1.807) is 24.3 Å². The molecule has 1 atom stereocenters. The summed E-state index contributed by atoms with van der Waals surface area (Å²) in [6.07, 6.45) is 0.664. The quantitative estimate of drug-likeness (QED) is 0.400. The van der Waals surface area contributed by atoms with Gasteiger partial charge in [0.2, 0.25) is 0 Å². The number of halogens is 1. The van der Waals surface area contributed by atoms with Crippen LogP contribution >= 0.6 is 0 Å². The highest BCUT2D eigenvalue weighted by Crippen LogP contribution is 2.40. The molecule has 0 bridgehead atoms. The number of aryl methyl sites for hydroxylation is 2. The average molecular weight is 454 g/mol. The van der Waals surface area contributed by atoms with Crippen molar-refractivity contribution < 1.29 is 28.7 Å². The molecule has 7 heteroatoms. The smallest absolute Gasteiger partial charge is 0.295 e. The Kier molecular flexibility index (Phi) is 6.91. The first kappa shape index (κ1) is 23.1. The molecule has 2 N–H and O–H groups in total. The number of benzene rings is 2. The zero-order valence-electron chi connectivity index (χ0n) is 19.1. The maximum Gasteiger partial charge on any atom is 0.295 e. The third-order valence-electron chi connectivity index (χ3n) is 6.52. The summed E-state index contributed by atoms with van der Waals surface area (Å²) in [5, 5.41) is 11.2. The minimum atomic E-state index is -0.967. The minimum Gasteiger partial charge on any atom is -0.507 e. The molecule has 1 amide bonds. The fourth-order valence-electron chi connectivity index (χ4n) is 4.68. The lowest BCUT2D eigenvalue weighted by Gasteiger charge is -2.28. The van der Waals surface area contributed by atoms with Gasteiger partial charge in [0.25, 0.3) is 11.7 Å². The van der Waals surface area contributed by atoms with E-state index >= 15 is 0 Å². The van der Waals surface area contributed by atoms with Crippen molar-refractivity contribution in [3.8, 4) is 0 Å². The number of aliphatic hydroxyl groups is 1. The number of ketones is 1. The number of morpholine rings is 1. The van der Waals surface area contributed by atoms with Gasteiger partial charge in [0.1, 0.15) is 24.7 Å². The van der Waals surface area contributed by atoms with Crippen LogP contribution in [-0.4, -0.2) is 61.1 Å². The third-order valence-corrected chi connectivity index (χ3v) is 6.52. The van der Waals surface area contributed by atoms with E-state index in [0.29, 0.717) is 31.7 Å². The predicted octanol–water partition coefficient (Wildman–Crippen LogP) is 2.17. The number of carbonyl (C=O) groups is 2. The van der Waals surface area contributed by atoms with Gasteiger partial charge in [0, 0.05) is 24.1 Å². The second-order valence-corrected chi connectivity index (χ2v) is 8.80. The summed E-state index contributed by atoms with van der Waals surface area (Å²) in [6, 6.07) is 10.7. The summed E-state index contributed by atoms with van der Waals surface area (Å²) in [7, 11) is 0. The van der Waals surface area contributed by atoms with Crippen molar-refractivity contribution in [2.24, 2.45) is 0 Å². The summed E-state index contributed by atoms with van der Waals surface area (Å²) in [4.78, 5) is 29.0. The predicted molar refractivity (Wildman–Crippen MR) is 122 cm³/mol. The topological polar surface area (TPSA) is 71.3 Å². The van der Waals surface area contributed by atoms with Crippen LogP contribution in [-0.2, 0) is 14.3 Å². The second kappa shape index (κ2) is 9.85. The largest absolute Gasteiger partial charge is 0.507 e. The molecule has 174 valence electrons. The molecule has 2 aliphatic rings. The fraction of sp³-hybridized carbons (Fsp3) is 0.385. The summed E-state index contributed by atoms with van der Waals surface area (Å²) in [6.45, 7) is 8.08. The number of nitrogens with zero attached hydrogens (tertiary/aromatic N) is 1. The van der Waals surface area contributed by atoms with E-state index in [9.17, 15) is 19.1 Å². The Balaban J connectivity index is 1.72. The van der Waals surface area contributed by atoms with E-state index in [0.717, 1.165) is 30.8 Å². The number of aliphatic hydroxyl groups excluding tert-OH is 1. The van der Waals surface area contributed by atoms with Crippen molar-refractivity contribution in [1.82, 2.24) is 4.90 Å². The molecule has 0 spiro atoms. The van der Waals surface area contributed by atoms with Crippen LogP contribution in [0.5, 0.6) is 0 Å². The van der Waals surface area contributed by atoms with Gasteiger partial charge in [0.15, 0.2) is 0 Å². The van der Waals surface area contributed by atoms with E-state index < -0.39 is 23.5 Å². The van der Waals surface area contributed by atoms with Crippen molar-refractivity contribution >= 4 is 17.4 Å². The van der Waals surface area contributed by atoms with Crippen LogP contribution < -0.4 is 4.90 Å². The van der Waals surface area contributed by atoms with Crippen LogP contribution in [0.1, 0.15) is 34.7 Å². The van der Waals surface area contributed by atoms with Gasteiger partial charge in [-0.3, -0.25) is 9.59 Å². The Morgan fingerprint density at radius 1 is 1.15 bits per heavy atom. The van der Waals surface area contributed by atoms with Crippen molar-refractivity contribution in [3.05, 3.63) is 76.1 Å². The molecular formula is C26H30FN2O4+. The number of amides is 1. The lowest BCUT2D eigenvalue weighted by Crippen LogP contribution is -3.14. The van der Waals surface area contributed by atoms with Crippen LogP contribution in [0.3, 0.4) is 0 Å². The number of ether oxygens (including phenoxy) is 1. The van der Waals surface area contributed by atoms with Gasteiger partial charge in [-0.2, -0.15) is 0 Å². The molecule has 0 saturated carbocycles. The highest BCUT2D eigenvalue weighted by atomic mass is 19.1. The lowest BCUT2D eigenvalue weighted by molar-refractivity contribution is -0.908. The molecule has 2 saturated heterocycles. The zero-order valence-corrected chi connectivity index (χ0v) is 19.1. The van der Waals surface area contributed by atoms with Crippen LogP contribution in [0.2, 0.25) is 0 Å². The standard InChI is InChI=1S/C26H29FN2O4/c1-17-8-9-18(2)20(16-17)24(30)22-23(19-6-3-4-7-21(19)27)29(26(32)25(22)31)11-5-10-28-12-14-33-15-13-28/h3-4,6-9,16,23,30H,5,10-15H2,1-2H3/p+1. The molecule has 0 aliphatic carbocycles. The van der Waals surface area contributed by atoms with Gasteiger partial charge in [-0.25, -0.2) is 4.39 Å². The Hall–Kier alpha value is -3.03. The molecule has 2 aliphatic heterocycles. The SMILES string of the molecule is Cc1ccc(C)c(C(O)=C2C(=O)C(=O)N(CCC[NH+]3CCOCC3)C2c2ccccc2F)c1. The number of Topliss-reactive ketones (excluding diaryl/α,β-unsaturated/α-hetero) is 1. The Labute approximate surface area is 193 Å². The van der Waals surface area contributed by atoms with E-state index in [1.165, 1.54) is 15.9 Å². The first-order valence-corrected chi connectivity index (χ1v) is 11.4. The first-order chi connectivity index (χ1) is 15.9. The van der Waals surface area contributed by atoms with Crippen molar-refractivity contribution in [2.45, 2.75) is 26.3 Å². The van der Waals surface area contributed by atoms with Crippen LogP contribution in [0.25, 0.3) is 5.76 Å². The number of rotatable bonds is 6. The Morgan fingerprint density at radius 3 is 2.61 bits per heavy atom. The fourth-order valence-corrected chi connectivity index (χ4v) is 4.68. The molecular weight excluding hydrogens is 423 g/mol. The summed E-state index contributed by atoms with van der Waals surface area (Å²) in [5.41, 5.74) is 2.31. The number of likely N-dealkylation sites (tertiary alicyclic amines) is 1. The van der Waals surface area contributed by atoms with Gasteiger partial charge < -0.3 is 19.6 Å². The van der Waals surface area contributed by atoms with Gasteiger partial charge in [-0.1, -0.05) is 35.9 Å². The van der Waals surface area contributed by atoms with Gasteiger partial charge in [-0.05, 0) is 31.5 Å². The maximum absolute atomic E-state index is 14.9. The molecule has 1 unspecified atom stereocenters. The van der Waals surface area contributed by atoms with Crippen LogP contribution in [0, 0.1) is 19.7 Å². The summed E-state index contributed by atoms with van der Waals surface area (Å²) in [5.74, 6) is -2.25. The van der Waals surface area contributed by atoms with Gasteiger partial charge in [0.05, 0.1) is 31.4 Å². The molecule has 6 nitrogen and oxygen atoms in total. The molecule has 0 aromatic heterocycles. The summed E-state index contributed by atoms with van der Waals surface area (Å²) < 4.78 is 20.3. The molecule has 2 aromatic carbocycles. The molecule has 33 heavy (non-hydrogen) atoms. The molecule has 0 radical (unpaired) electrons. The average Bonchev–Trinajstić information content (AvgIpc) is 3.06. The number of carbonyl (C=O) groups excluding carboxylic acids is 2. The Bertz CT molecular complexity index is 1090. The van der Waals surface area contributed by atoms with Gasteiger partial charge in [-0.15, -0.1) is 0 Å². The number of nitrogens with one attached hydrogen (secondary N) is 1. The van der Waals surface area contributed by atoms with Crippen molar-refractivity contribution in [2.75, 3.05) is 39.4 Å². The number of hydrogen-bond donors (Lipinski definition) is 2. The molecule has 2 fully saturated rings. The number of quaternary nitrogens is 1. The van der Waals surface area contributed by atoms with Crippen LogP contribution in [0.4, 0.5) is 4.39 Å². The van der Waals surface area contributed by atoms with E-state index in [-0.39, 0.29) is 16.9 Å². The van der Waals surface area contributed by atoms with E-state index in [2.05, 4.69) is 0 Å². The molecule has 4 rings (SSSR count). The zero-order chi connectivity index (χ0) is 23.5. The van der Waals surface area contributed by atoms with E-state index in [4.69, 9.17) is 4.74 Å². The first-order valence-electron chi connectivity index (χ1n) is 11.4. The van der Waals surface area contributed by atoms with Gasteiger partial charge >= 0.3 is 0 Å². The Morgan fingerprint density at radius 2 is 1.88 bits per heavy atom. The molecule has 2 aromatic rings. The minimum absolute atomic E-state index is 0.0579.